The van der Waals surface area contributed by atoms with Crippen LogP contribution in [0.5, 0.6) is 5.75 Å². The van der Waals surface area contributed by atoms with E-state index in [4.69, 9.17) is 14.5 Å². The number of aromatic nitrogens is 2. The smallest absolute Gasteiger partial charge is 0.183 e. The second kappa shape index (κ2) is 9.94. The fourth-order valence-electron chi connectivity index (χ4n) is 4.28. The first-order valence-corrected chi connectivity index (χ1v) is 11.0. The highest BCUT2D eigenvalue weighted by atomic mass is 16.5. The highest BCUT2D eigenvalue weighted by Crippen LogP contribution is 2.27. The molecule has 0 amide bonds. The standard InChI is InChI=1S/C23H30N6O2/c1-16-20(25-2)4-3-11-29(16)22-15-26-21(14-24)23(28-22)27-17-5-7-18(8-6-17)31-19-9-12-30-13-10-19/h5-8,15-16,19-20,25H,3-4,9-13H2,1-2H3,(H,27,28)/t16-,20-/m1/s1. The van der Waals surface area contributed by atoms with Gasteiger partial charge in [0.25, 0.3) is 0 Å². The van der Waals surface area contributed by atoms with Crippen molar-refractivity contribution in [3.05, 3.63) is 36.2 Å². The lowest BCUT2D eigenvalue weighted by atomic mass is 9.98. The molecule has 2 atom stereocenters. The van der Waals surface area contributed by atoms with Crippen LogP contribution in [0.2, 0.25) is 0 Å². The largest absolute Gasteiger partial charge is 0.490 e. The van der Waals surface area contributed by atoms with E-state index in [1.165, 1.54) is 0 Å². The molecule has 2 fully saturated rings. The molecule has 0 bridgehead atoms. The third-order valence-corrected chi connectivity index (χ3v) is 6.11. The summed E-state index contributed by atoms with van der Waals surface area (Å²) in [5.74, 6) is 2.09. The number of ether oxygens (including phenoxy) is 2. The first kappa shape index (κ1) is 21.3. The Labute approximate surface area is 183 Å². The van der Waals surface area contributed by atoms with Gasteiger partial charge in [0.2, 0.25) is 0 Å². The molecular formula is C23H30N6O2. The van der Waals surface area contributed by atoms with Crippen LogP contribution in [0, 0.1) is 11.3 Å². The normalized spacial score (nSPS) is 22.0. The van der Waals surface area contributed by atoms with Crippen molar-refractivity contribution in [2.75, 3.05) is 37.0 Å². The summed E-state index contributed by atoms with van der Waals surface area (Å²) in [6, 6.07) is 10.6. The van der Waals surface area contributed by atoms with Gasteiger partial charge in [0.15, 0.2) is 11.5 Å². The molecule has 2 aromatic rings. The van der Waals surface area contributed by atoms with E-state index in [1.54, 1.807) is 6.20 Å². The number of nitriles is 1. The lowest BCUT2D eigenvalue weighted by Gasteiger charge is -2.40. The van der Waals surface area contributed by atoms with Gasteiger partial charge in [-0.15, -0.1) is 0 Å². The third kappa shape index (κ3) is 5.06. The van der Waals surface area contributed by atoms with Crippen LogP contribution in [0.15, 0.2) is 30.5 Å². The SMILES string of the molecule is CN[C@@H]1CCCN(c2cnc(C#N)c(Nc3ccc(OC4CCOCC4)cc3)n2)[C@@H]1C. The maximum absolute atomic E-state index is 9.51. The molecule has 2 N–H and O–H groups in total. The molecule has 4 rings (SSSR count). The second-order valence-electron chi connectivity index (χ2n) is 8.09. The molecule has 8 nitrogen and oxygen atoms in total. The van der Waals surface area contributed by atoms with E-state index in [-0.39, 0.29) is 11.8 Å². The number of nitrogens with zero attached hydrogens (tertiary/aromatic N) is 4. The van der Waals surface area contributed by atoms with Crippen molar-refractivity contribution in [2.45, 2.75) is 50.8 Å². The zero-order chi connectivity index (χ0) is 21.6. The maximum atomic E-state index is 9.51. The van der Waals surface area contributed by atoms with Crippen LogP contribution in [0.1, 0.15) is 38.3 Å². The van der Waals surface area contributed by atoms with Gasteiger partial charge >= 0.3 is 0 Å². The first-order valence-electron chi connectivity index (χ1n) is 11.0. The molecule has 0 aliphatic carbocycles. The second-order valence-corrected chi connectivity index (χ2v) is 8.09. The number of hydrogen-bond acceptors (Lipinski definition) is 8. The summed E-state index contributed by atoms with van der Waals surface area (Å²) in [7, 11) is 2.00. The van der Waals surface area contributed by atoms with Crippen LogP contribution in [0.25, 0.3) is 0 Å². The molecule has 1 aromatic heterocycles. The van der Waals surface area contributed by atoms with Gasteiger partial charge in [-0.2, -0.15) is 5.26 Å². The number of likely N-dealkylation sites (N-methyl/N-ethyl adjacent to an activating group) is 1. The minimum atomic E-state index is 0.202. The van der Waals surface area contributed by atoms with Crippen molar-refractivity contribution >= 4 is 17.3 Å². The van der Waals surface area contributed by atoms with Crippen molar-refractivity contribution in [1.29, 1.82) is 5.26 Å². The number of nitrogens with one attached hydrogen (secondary N) is 2. The third-order valence-electron chi connectivity index (χ3n) is 6.11. The summed E-state index contributed by atoms with van der Waals surface area (Å²) < 4.78 is 11.4. The number of piperidine rings is 1. The zero-order valence-corrected chi connectivity index (χ0v) is 18.2. The molecule has 0 spiro atoms. The Kier molecular flexibility index (Phi) is 6.85. The molecule has 1 aromatic carbocycles. The summed E-state index contributed by atoms with van der Waals surface area (Å²) >= 11 is 0. The molecule has 0 radical (unpaired) electrons. The van der Waals surface area contributed by atoms with Gasteiger partial charge in [0.05, 0.1) is 19.4 Å². The predicted molar refractivity (Wildman–Crippen MR) is 120 cm³/mol. The Morgan fingerprint density at radius 3 is 2.68 bits per heavy atom. The van der Waals surface area contributed by atoms with Crippen LogP contribution < -0.4 is 20.3 Å². The summed E-state index contributed by atoms with van der Waals surface area (Å²) in [6.07, 6.45) is 5.96. The van der Waals surface area contributed by atoms with Crippen molar-refractivity contribution in [1.82, 2.24) is 15.3 Å². The lowest BCUT2D eigenvalue weighted by molar-refractivity contribution is 0.0256. The fraction of sp³-hybridized carbons (Fsp3) is 0.522. The lowest BCUT2D eigenvalue weighted by Crippen LogP contribution is -2.52. The number of hydrogen-bond donors (Lipinski definition) is 2. The molecule has 2 aliphatic heterocycles. The molecule has 31 heavy (non-hydrogen) atoms. The van der Waals surface area contributed by atoms with E-state index in [1.807, 2.05) is 31.3 Å². The maximum Gasteiger partial charge on any atom is 0.183 e. The minimum Gasteiger partial charge on any atom is -0.490 e. The van der Waals surface area contributed by atoms with Crippen molar-refractivity contribution in [2.24, 2.45) is 0 Å². The zero-order valence-electron chi connectivity index (χ0n) is 18.2. The van der Waals surface area contributed by atoms with Crippen molar-refractivity contribution in [3.8, 4) is 11.8 Å². The summed E-state index contributed by atoms with van der Waals surface area (Å²) in [5.41, 5.74) is 1.11. The quantitative estimate of drug-likeness (QED) is 0.733. The Hall–Kier alpha value is -2.89. The molecule has 0 saturated carbocycles. The highest BCUT2D eigenvalue weighted by molar-refractivity contribution is 5.63. The number of anilines is 3. The monoisotopic (exact) mass is 422 g/mol. The molecule has 2 saturated heterocycles. The van der Waals surface area contributed by atoms with Gasteiger partial charge in [-0.3, -0.25) is 0 Å². The van der Waals surface area contributed by atoms with E-state index in [9.17, 15) is 5.26 Å². The Balaban J connectivity index is 1.48. The van der Waals surface area contributed by atoms with E-state index in [0.717, 1.165) is 62.7 Å². The van der Waals surface area contributed by atoms with Crippen molar-refractivity contribution < 1.29 is 9.47 Å². The van der Waals surface area contributed by atoms with E-state index in [0.29, 0.717) is 17.9 Å². The topological polar surface area (TPSA) is 95.3 Å². The van der Waals surface area contributed by atoms with Gasteiger partial charge in [0, 0.05) is 37.2 Å². The van der Waals surface area contributed by atoms with Crippen molar-refractivity contribution in [3.63, 3.8) is 0 Å². The average Bonchev–Trinajstić information content (AvgIpc) is 2.81. The Morgan fingerprint density at radius 1 is 1.19 bits per heavy atom. The van der Waals surface area contributed by atoms with Crippen LogP contribution >= 0.6 is 0 Å². The van der Waals surface area contributed by atoms with Crippen LogP contribution in [0.3, 0.4) is 0 Å². The van der Waals surface area contributed by atoms with E-state index in [2.05, 4.69) is 33.5 Å². The van der Waals surface area contributed by atoms with Gasteiger partial charge in [-0.05, 0) is 51.1 Å². The van der Waals surface area contributed by atoms with Crippen LogP contribution in [0.4, 0.5) is 17.3 Å². The molecule has 164 valence electrons. The van der Waals surface area contributed by atoms with E-state index >= 15 is 0 Å². The van der Waals surface area contributed by atoms with Crippen LogP contribution in [-0.2, 0) is 4.74 Å². The fourth-order valence-corrected chi connectivity index (χ4v) is 4.28. The molecule has 2 aliphatic rings. The van der Waals surface area contributed by atoms with Gasteiger partial charge < -0.3 is 25.0 Å². The summed E-state index contributed by atoms with van der Waals surface area (Å²) in [4.78, 5) is 11.4. The molecular weight excluding hydrogens is 392 g/mol. The highest BCUT2D eigenvalue weighted by Gasteiger charge is 2.28. The predicted octanol–water partition coefficient (Wildman–Crippen LogP) is 3.23. The minimum absolute atomic E-state index is 0.202. The average molecular weight is 423 g/mol. The Morgan fingerprint density at radius 2 is 1.97 bits per heavy atom. The van der Waals surface area contributed by atoms with Gasteiger partial charge in [-0.1, -0.05) is 0 Å². The first-order chi connectivity index (χ1) is 15.2. The summed E-state index contributed by atoms with van der Waals surface area (Å²) in [6.45, 7) is 4.63. The van der Waals surface area contributed by atoms with Gasteiger partial charge in [-0.25, -0.2) is 9.97 Å². The molecule has 3 heterocycles. The molecule has 0 unspecified atom stereocenters. The Bertz CT molecular complexity index is 907. The van der Waals surface area contributed by atoms with Crippen LogP contribution in [-0.4, -0.2) is 55.0 Å². The van der Waals surface area contributed by atoms with Gasteiger partial charge in [0.1, 0.15) is 23.7 Å². The molecule has 8 heteroatoms. The summed E-state index contributed by atoms with van der Waals surface area (Å²) in [5, 5.41) is 16.2. The number of benzene rings is 1. The van der Waals surface area contributed by atoms with E-state index < -0.39 is 0 Å². The number of rotatable bonds is 6.